The van der Waals surface area contributed by atoms with Crippen LogP contribution in [0.4, 0.5) is 4.79 Å². The van der Waals surface area contributed by atoms with Gasteiger partial charge in [-0.3, -0.25) is 4.79 Å². The summed E-state index contributed by atoms with van der Waals surface area (Å²) in [6.07, 6.45) is 7.78. The summed E-state index contributed by atoms with van der Waals surface area (Å²) in [5.41, 5.74) is 0.942. The average molecular weight is 653 g/mol. The lowest BCUT2D eigenvalue weighted by molar-refractivity contribution is -0.152. The van der Waals surface area contributed by atoms with Crippen molar-refractivity contribution >= 4 is 28.9 Å². The molecule has 1 aliphatic carbocycles. The molecule has 2 saturated heterocycles. The second kappa shape index (κ2) is 15.1. The molecule has 3 heterocycles. The van der Waals surface area contributed by atoms with E-state index in [1.54, 1.807) is 0 Å². The Labute approximate surface area is 278 Å². The molecule has 4 atom stereocenters. The van der Waals surface area contributed by atoms with Crippen LogP contribution in [0.5, 0.6) is 11.6 Å². The third-order valence-corrected chi connectivity index (χ3v) is 9.87. The van der Waals surface area contributed by atoms with Crippen LogP contribution in [0.15, 0.2) is 24.3 Å². The van der Waals surface area contributed by atoms with E-state index in [-0.39, 0.29) is 24.0 Å². The molecule has 1 aromatic heterocycles. The molecule has 2 N–H and O–H groups in total. The molecular formula is C36H52N4O7. The minimum absolute atomic E-state index is 0.0471. The molecule has 2 aliphatic heterocycles. The minimum Gasteiger partial charge on any atom is -0.493 e. The van der Waals surface area contributed by atoms with Crippen LogP contribution in [0, 0.1) is 11.3 Å². The lowest BCUT2D eigenvalue weighted by atomic mass is 9.85. The normalized spacial score (nSPS) is 22.6. The number of esters is 1. The van der Waals surface area contributed by atoms with Gasteiger partial charge in [0, 0.05) is 25.0 Å². The zero-order chi connectivity index (χ0) is 33.7. The number of unbranched alkanes of at least 4 members (excludes halogenated alkanes) is 2. The summed E-state index contributed by atoms with van der Waals surface area (Å²) >= 11 is 0. The SMILES string of the molecule is COC(=O)[C@@H]1CCCN1C(=O)[C@@H](NC(=O)OC1C[C@H]1CCCCCc1c(O)nc2ccccc2c1OC1CCN(C)CC1)C(C)(C)C. The molecule has 1 unspecified atom stereocenters. The van der Waals surface area contributed by atoms with E-state index < -0.39 is 29.6 Å². The van der Waals surface area contributed by atoms with Crippen LogP contribution < -0.4 is 10.1 Å². The Bertz CT molecular complexity index is 1420. The van der Waals surface area contributed by atoms with E-state index in [9.17, 15) is 19.5 Å². The van der Waals surface area contributed by atoms with Gasteiger partial charge in [-0.1, -0.05) is 45.7 Å². The highest BCUT2D eigenvalue weighted by Crippen LogP contribution is 2.40. The number of carbonyl (C=O) groups excluding carboxylic acids is 3. The number of benzene rings is 1. The van der Waals surface area contributed by atoms with Crippen molar-refractivity contribution in [1.29, 1.82) is 0 Å². The van der Waals surface area contributed by atoms with E-state index in [0.717, 1.165) is 80.3 Å². The van der Waals surface area contributed by atoms with Crippen molar-refractivity contribution in [3.63, 3.8) is 0 Å². The number of piperidine rings is 1. The highest BCUT2D eigenvalue weighted by molar-refractivity contribution is 5.91. The van der Waals surface area contributed by atoms with Crippen molar-refractivity contribution in [2.24, 2.45) is 11.3 Å². The molecule has 3 fully saturated rings. The number of hydrogen-bond donors (Lipinski definition) is 2. The number of likely N-dealkylation sites (tertiary alicyclic amines) is 2. The lowest BCUT2D eigenvalue weighted by Crippen LogP contribution is -2.57. The van der Waals surface area contributed by atoms with Crippen molar-refractivity contribution in [2.45, 2.75) is 109 Å². The number of nitrogens with zero attached hydrogens (tertiary/aromatic N) is 3. The summed E-state index contributed by atoms with van der Waals surface area (Å²) in [6, 6.07) is 6.38. The van der Waals surface area contributed by atoms with E-state index in [2.05, 4.69) is 22.2 Å². The molecule has 11 nitrogen and oxygen atoms in total. The molecular weight excluding hydrogens is 600 g/mol. The van der Waals surface area contributed by atoms with Crippen LogP contribution in [0.1, 0.15) is 84.1 Å². The first kappa shape index (κ1) is 34.7. The Hall–Kier alpha value is -3.60. The minimum atomic E-state index is -0.827. The Morgan fingerprint density at radius 3 is 2.53 bits per heavy atom. The van der Waals surface area contributed by atoms with E-state index >= 15 is 0 Å². The lowest BCUT2D eigenvalue weighted by Gasteiger charge is -2.34. The molecule has 1 aromatic carbocycles. The first-order valence-corrected chi connectivity index (χ1v) is 17.3. The van der Waals surface area contributed by atoms with Crippen LogP contribution >= 0.6 is 0 Å². The fourth-order valence-corrected chi connectivity index (χ4v) is 6.91. The number of pyridine rings is 1. The number of carbonyl (C=O) groups is 3. The van der Waals surface area contributed by atoms with Gasteiger partial charge in [-0.05, 0) is 81.9 Å². The number of rotatable bonds is 12. The van der Waals surface area contributed by atoms with Gasteiger partial charge in [-0.25, -0.2) is 14.6 Å². The number of amides is 2. The number of ether oxygens (including phenoxy) is 3. The Morgan fingerprint density at radius 2 is 1.81 bits per heavy atom. The molecule has 0 radical (unpaired) electrons. The predicted octanol–water partition coefficient (Wildman–Crippen LogP) is 5.21. The van der Waals surface area contributed by atoms with Crippen LogP contribution in [-0.2, 0) is 25.5 Å². The molecule has 0 spiro atoms. The topological polar surface area (TPSA) is 131 Å². The van der Waals surface area contributed by atoms with Crippen LogP contribution in [0.3, 0.4) is 0 Å². The number of fused-ring (bicyclic) bond motifs is 1. The van der Waals surface area contributed by atoms with Crippen LogP contribution in [0.25, 0.3) is 10.9 Å². The maximum atomic E-state index is 13.5. The number of methoxy groups -OCH3 is 1. The smallest absolute Gasteiger partial charge is 0.408 e. The molecule has 0 bridgehead atoms. The number of aromatic hydroxyl groups is 1. The molecule has 1 saturated carbocycles. The number of alkyl carbamates (subject to hydrolysis) is 1. The van der Waals surface area contributed by atoms with Crippen molar-refractivity contribution in [1.82, 2.24) is 20.1 Å². The summed E-state index contributed by atoms with van der Waals surface area (Å²) in [7, 11) is 3.45. The first-order chi connectivity index (χ1) is 22.5. The van der Waals surface area contributed by atoms with Gasteiger partial charge in [0.1, 0.15) is 30.0 Å². The van der Waals surface area contributed by atoms with Gasteiger partial charge >= 0.3 is 12.1 Å². The molecule has 5 rings (SSSR count). The summed E-state index contributed by atoms with van der Waals surface area (Å²) < 4.78 is 17.2. The van der Waals surface area contributed by atoms with Gasteiger partial charge in [0.05, 0.1) is 18.2 Å². The highest BCUT2D eigenvalue weighted by atomic mass is 16.6. The van der Waals surface area contributed by atoms with E-state index in [1.807, 2.05) is 45.0 Å². The van der Waals surface area contributed by atoms with E-state index in [4.69, 9.17) is 14.2 Å². The maximum Gasteiger partial charge on any atom is 0.408 e. The summed E-state index contributed by atoms with van der Waals surface area (Å²) in [6.45, 7) is 8.10. The number of nitrogens with one attached hydrogen (secondary N) is 1. The third kappa shape index (κ3) is 8.66. The van der Waals surface area contributed by atoms with Crippen LogP contribution in [-0.4, -0.2) is 95.9 Å². The molecule has 2 aromatic rings. The first-order valence-electron chi connectivity index (χ1n) is 17.3. The van der Waals surface area contributed by atoms with Crippen molar-refractivity contribution in [3.8, 4) is 11.6 Å². The van der Waals surface area contributed by atoms with E-state index in [1.165, 1.54) is 12.0 Å². The summed E-state index contributed by atoms with van der Waals surface area (Å²) in [5.74, 6) is 0.389. The molecule has 11 heteroatoms. The zero-order valence-corrected chi connectivity index (χ0v) is 28.6. The van der Waals surface area contributed by atoms with Gasteiger partial charge < -0.3 is 34.4 Å². The van der Waals surface area contributed by atoms with Gasteiger partial charge in [0.15, 0.2) is 0 Å². The summed E-state index contributed by atoms with van der Waals surface area (Å²) in [5, 5.41) is 14.6. The molecule has 3 aliphatic rings. The van der Waals surface area contributed by atoms with Crippen molar-refractivity contribution < 1.29 is 33.7 Å². The highest BCUT2D eigenvalue weighted by Gasteiger charge is 2.44. The van der Waals surface area contributed by atoms with E-state index in [0.29, 0.717) is 31.7 Å². The van der Waals surface area contributed by atoms with Crippen molar-refractivity contribution in [3.05, 3.63) is 29.8 Å². The Morgan fingerprint density at radius 1 is 1.06 bits per heavy atom. The second-order valence-corrected chi connectivity index (χ2v) is 14.6. The van der Waals surface area contributed by atoms with Gasteiger partial charge in [0.25, 0.3) is 0 Å². The van der Waals surface area contributed by atoms with Gasteiger partial charge in [0.2, 0.25) is 11.8 Å². The van der Waals surface area contributed by atoms with Crippen LogP contribution in [0.2, 0.25) is 0 Å². The Kier molecular flexibility index (Phi) is 11.1. The fraction of sp³-hybridized carbons (Fsp3) is 0.667. The monoisotopic (exact) mass is 652 g/mol. The molecule has 2 amide bonds. The number of hydrogen-bond acceptors (Lipinski definition) is 9. The maximum absolute atomic E-state index is 13.5. The number of aromatic nitrogens is 1. The zero-order valence-electron chi connectivity index (χ0n) is 28.6. The molecule has 47 heavy (non-hydrogen) atoms. The van der Waals surface area contributed by atoms with Gasteiger partial charge in [-0.2, -0.15) is 0 Å². The third-order valence-electron chi connectivity index (χ3n) is 9.87. The Balaban J connectivity index is 1.09. The largest absolute Gasteiger partial charge is 0.493 e. The predicted molar refractivity (Wildman–Crippen MR) is 178 cm³/mol. The number of para-hydroxylation sites is 1. The second-order valence-electron chi connectivity index (χ2n) is 14.6. The van der Waals surface area contributed by atoms with Crippen molar-refractivity contribution in [2.75, 3.05) is 33.8 Å². The van der Waals surface area contributed by atoms with Gasteiger partial charge in [-0.15, -0.1) is 0 Å². The standard InChI is InChI=1S/C36H52N4O7/c1-36(2,3)31(33(42)40-19-11-16-28(40)34(43)45-5)38-35(44)47-29-22-23(29)12-7-6-8-14-26-30(46-24-17-20-39(4)21-18-24)25-13-9-10-15-27(25)37-32(26)41/h9-10,13,15,23-24,28-29,31H,6-8,11-12,14,16-22H2,1-5H3,(H,37,41)(H,38,44)/t23-,28+,29?,31-/m1/s1. The quantitative estimate of drug-likeness (QED) is 0.234. The average Bonchev–Trinajstić information content (AvgIpc) is 3.57. The summed E-state index contributed by atoms with van der Waals surface area (Å²) in [4.78, 5) is 46.9. The fourth-order valence-electron chi connectivity index (χ4n) is 6.91. The molecule has 258 valence electrons.